The van der Waals surface area contributed by atoms with Crippen molar-refractivity contribution in [1.29, 1.82) is 0 Å². The number of hydrogen-bond donors (Lipinski definition) is 1. The highest BCUT2D eigenvalue weighted by atomic mass is 16.5. The van der Waals surface area contributed by atoms with Crippen LogP contribution in [0.2, 0.25) is 0 Å². The minimum absolute atomic E-state index is 0.0303. The van der Waals surface area contributed by atoms with Gasteiger partial charge in [0.2, 0.25) is 0 Å². The summed E-state index contributed by atoms with van der Waals surface area (Å²) in [5.41, 5.74) is 11.2. The van der Waals surface area contributed by atoms with Gasteiger partial charge in [0.15, 0.2) is 0 Å². The van der Waals surface area contributed by atoms with E-state index in [1.54, 1.807) is 14.2 Å². The maximum absolute atomic E-state index is 6.31. The number of benzene rings is 2. The monoisotopic (exact) mass is 311 g/mol. The van der Waals surface area contributed by atoms with E-state index in [1.165, 1.54) is 16.7 Å². The molecule has 0 bridgehead atoms. The molecular weight excluding hydrogens is 286 g/mol. The van der Waals surface area contributed by atoms with Crippen LogP contribution in [0.4, 0.5) is 5.69 Å². The maximum atomic E-state index is 6.31. The van der Waals surface area contributed by atoms with Gasteiger partial charge in [0.25, 0.3) is 0 Å². The van der Waals surface area contributed by atoms with Gasteiger partial charge in [-0.05, 0) is 59.1 Å². The molecule has 23 heavy (non-hydrogen) atoms. The van der Waals surface area contributed by atoms with Crippen LogP contribution in [0.1, 0.15) is 42.9 Å². The van der Waals surface area contributed by atoms with Crippen molar-refractivity contribution in [1.82, 2.24) is 0 Å². The van der Waals surface area contributed by atoms with Crippen LogP contribution in [0, 0.1) is 0 Å². The summed E-state index contributed by atoms with van der Waals surface area (Å²) in [5.74, 6) is 2.14. The quantitative estimate of drug-likeness (QED) is 0.860. The summed E-state index contributed by atoms with van der Waals surface area (Å²) in [7, 11) is 3.39. The molecule has 0 radical (unpaired) electrons. The van der Waals surface area contributed by atoms with Crippen molar-refractivity contribution in [2.45, 2.75) is 38.0 Å². The molecule has 3 rings (SSSR count). The van der Waals surface area contributed by atoms with Crippen LogP contribution in [0.15, 0.2) is 36.4 Å². The van der Waals surface area contributed by atoms with Crippen molar-refractivity contribution in [2.24, 2.45) is 0 Å². The average Bonchev–Trinajstić information content (AvgIpc) is 2.55. The van der Waals surface area contributed by atoms with E-state index < -0.39 is 0 Å². The Morgan fingerprint density at radius 1 is 1.00 bits per heavy atom. The van der Waals surface area contributed by atoms with Gasteiger partial charge in [-0.25, -0.2) is 0 Å². The van der Waals surface area contributed by atoms with Crippen molar-refractivity contribution in [2.75, 3.05) is 20.0 Å². The van der Waals surface area contributed by atoms with Gasteiger partial charge in [-0.15, -0.1) is 0 Å². The van der Waals surface area contributed by atoms with Gasteiger partial charge in [-0.1, -0.05) is 26.0 Å². The number of fused-ring (bicyclic) bond motifs is 1. The molecule has 0 aliphatic heterocycles. The fourth-order valence-corrected chi connectivity index (χ4v) is 3.92. The molecule has 2 N–H and O–H groups in total. The van der Waals surface area contributed by atoms with E-state index in [1.807, 2.05) is 12.1 Å². The molecule has 1 aliphatic carbocycles. The Balaban J connectivity index is 2.02. The first kappa shape index (κ1) is 15.7. The van der Waals surface area contributed by atoms with E-state index in [4.69, 9.17) is 15.2 Å². The normalized spacial score (nSPS) is 19.0. The topological polar surface area (TPSA) is 44.5 Å². The first-order valence-corrected chi connectivity index (χ1v) is 8.08. The molecule has 0 saturated carbocycles. The Morgan fingerprint density at radius 2 is 1.65 bits per heavy atom. The molecule has 2 aromatic carbocycles. The van der Waals surface area contributed by atoms with E-state index in [2.05, 4.69) is 38.1 Å². The standard InChI is InChI=1S/C20H25NO2/c1-20(2)17-10-7-14(22-3)11-13(17)5-9-18(20)16-8-6-15(23-4)12-19(16)21/h6-8,10-12,18H,5,9,21H2,1-4H3. The van der Waals surface area contributed by atoms with Gasteiger partial charge < -0.3 is 15.2 Å². The van der Waals surface area contributed by atoms with Gasteiger partial charge in [0.1, 0.15) is 11.5 Å². The van der Waals surface area contributed by atoms with Crippen LogP contribution < -0.4 is 15.2 Å². The summed E-state index contributed by atoms with van der Waals surface area (Å²) in [6, 6.07) is 12.5. The van der Waals surface area contributed by atoms with Crippen molar-refractivity contribution in [3.05, 3.63) is 53.1 Å². The molecule has 1 aliphatic rings. The number of nitrogens with two attached hydrogens (primary N) is 1. The lowest BCUT2D eigenvalue weighted by atomic mass is 9.63. The molecule has 2 aromatic rings. The average molecular weight is 311 g/mol. The number of hydrogen-bond acceptors (Lipinski definition) is 3. The molecule has 0 heterocycles. The van der Waals surface area contributed by atoms with Gasteiger partial charge in [0, 0.05) is 11.8 Å². The first-order valence-electron chi connectivity index (χ1n) is 8.08. The summed E-state index contributed by atoms with van der Waals surface area (Å²) in [6.07, 6.45) is 2.13. The smallest absolute Gasteiger partial charge is 0.120 e. The maximum Gasteiger partial charge on any atom is 0.120 e. The predicted octanol–water partition coefficient (Wildman–Crippen LogP) is 4.29. The molecule has 0 fully saturated rings. The van der Waals surface area contributed by atoms with Crippen LogP contribution >= 0.6 is 0 Å². The third-order valence-electron chi connectivity index (χ3n) is 5.25. The third-order valence-corrected chi connectivity index (χ3v) is 5.25. The molecule has 1 unspecified atom stereocenters. The molecular formula is C20H25NO2. The summed E-state index contributed by atoms with van der Waals surface area (Å²) in [4.78, 5) is 0. The zero-order valence-electron chi connectivity index (χ0n) is 14.3. The lowest BCUT2D eigenvalue weighted by Crippen LogP contribution is -2.33. The molecule has 1 atom stereocenters. The van der Waals surface area contributed by atoms with Gasteiger partial charge in [-0.2, -0.15) is 0 Å². The van der Waals surface area contributed by atoms with Crippen LogP contribution in [-0.4, -0.2) is 14.2 Å². The molecule has 0 spiro atoms. The lowest BCUT2D eigenvalue weighted by Gasteiger charge is -2.41. The fourth-order valence-electron chi connectivity index (χ4n) is 3.92. The highest BCUT2D eigenvalue weighted by Gasteiger charge is 2.38. The van der Waals surface area contributed by atoms with Crippen LogP contribution in [0.5, 0.6) is 11.5 Å². The fraction of sp³-hybridized carbons (Fsp3) is 0.400. The highest BCUT2D eigenvalue weighted by Crippen LogP contribution is 2.49. The van der Waals surface area contributed by atoms with Crippen molar-refractivity contribution in [3.8, 4) is 11.5 Å². The highest BCUT2D eigenvalue weighted by molar-refractivity contribution is 5.56. The Bertz CT molecular complexity index is 722. The zero-order chi connectivity index (χ0) is 16.6. The second kappa shape index (κ2) is 5.80. The number of nitrogen functional groups attached to an aromatic ring is 1. The summed E-state index contributed by atoms with van der Waals surface area (Å²) in [6.45, 7) is 4.62. The molecule has 3 heteroatoms. The summed E-state index contributed by atoms with van der Waals surface area (Å²) < 4.78 is 10.6. The number of ether oxygens (including phenoxy) is 2. The second-order valence-electron chi connectivity index (χ2n) is 6.83. The van der Waals surface area contributed by atoms with Gasteiger partial charge in [-0.3, -0.25) is 0 Å². The summed E-state index contributed by atoms with van der Waals surface area (Å²) in [5, 5.41) is 0. The largest absolute Gasteiger partial charge is 0.497 e. The Labute approximate surface area is 138 Å². The molecule has 0 aromatic heterocycles. The van der Waals surface area contributed by atoms with E-state index >= 15 is 0 Å². The molecule has 3 nitrogen and oxygen atoms in total. The number of aryl methyl sites for hydroxylation is 1. The van der Waals surface area contributed by atoms with Crippen LogP contribution in [-0.2, 0) is 11.8 Å². The van der Waals surface area contributed by atoms with Crippen molar-refractivity contribution < 1.29 is 9.47 Å². The third kappa shape index (κ3) is 2.65. The number of anilines is 1. The molecule has 0 amide bonds. The molecule has 0 saturated heterocycles. The minimum atomic E-state index is 0.0303. The number of rotatable bonds is 3. The second-order valence-corrected chi connectivity index (χ2v) is 6.83. The first-order chi connectivity index (χ1) is 11.0. The summed E-state index contributed by atoms with van der Waals surface area (Å²) >= 11 is 0. The van der Waals surface area contributed by atoms with E-state index in [0.29, 0.717) is 5.92 Å². The predicted molar refractivity (Wildman–Crippen MR) is 94.5 cm³/mol. The van der Waals surface area contributed by atoms with Crippen molar-refractivity contribution >= 4 is 5.69 Å². The van der Waals surface area contributed by atoms with Gasteiger partial charge in [0.05, 0.1) is 14.2 Å². The SMILES string of the molecule is COc1ccc(C2CCc3cc(OC)ccc3C2(C)C)c(N)c1. The number of methoxy groups -OCH3 is 2. The Morgan fingerprint density at radius 3 is 2.30 bits per heavy atom. The lowest BCUT2D eigenvalue weighted by molar-refractivity contribution is 0.361. The van der Waals surface area contributed by atoms with E-state index in [-0.39, 0.29) is 5.41 Å². The van der Waals surface area contributed by atoms with Crippen molar-refractivity contribution in [3.63, 3.8) is 0 Å². The van der Waals surface area contributed by atoms with E-state index in [9.17, 15) is 0 Å². The minimum Gasteiger partial charge on any atom is -0.497 e. The zero-order valence-corrected chi connectivity index (χ0v) is 14.3. The molecule has 122 valence electrons. The Kier molecular flexibility index (Phi) is 3.97. The Hall–Kier alpha value is -2.16. The van der Waals surface area contributed by atoms with Crippen LogP contribution in [0.3, 0.4) is 0 Å². The van der Waals surface area contributed by atoms with Crippen LogP contribution in [0.25, 0.3) is 0 Å². The van der Waals surface area contributed by atoms with E-state index in [0.717, 1.165) is 30.0 Å². The van der Waals surface area contributed by atoms with Gasteiger partial charge >= 0.3 is 0 Å².